The molecule has 116 valence electrons. The fourth-order valence-electron chi connectivity index (χ4n) is 3.45. The number of thiophene rings is 1. The minimum Gasteiger partial charge on any atom is -0.495 e. The third-order valence-corrected chi connectivity index (χ3v) is 5.46. The molecule has 6 heteroatoms. The van der Waals surface area contributed by atoms with Crippen molar-refractivity contribution < 1.29 is 19.0 Å². The van der Waals surface area contributed by atoms with E-state index in [-0.39, 0.29) is 24.0 Å². The molecule has 1 saturated carbocycles. The van der Waals surface area contributed by atoms with Gasteiger partial charge in [-0.1, -0.05) is 0 Å². The molecule has 1 amide bonds. The van der Waals surface area contributed by atoms with Gasteiger partial charge in [0.15, 0.2) is 0 Å². The highest BCUT2D eigenvalue weighted by Gasteiger charge is 2.54. The second-order valence-corrected chi connectivity index (χ2v) is 6.92. The Labute approximate surface area is 128 Å². The number of ether oxygens (including phenoxy) is 3. The summed E-state index contributed by atoms with van der Waals surface area (Å²) in [5.41, 5.74) is 0. The maximum atomic E-state index is 12.5. The third kappa shape index (κ3) is 2.56. The predicted octanol–water partition coefficient (Wildman–Crippen LogP) is 1.84. The Hall–Kier alpha value is -1.11. The number of carbonyl (C=O) groups is 1. The summed E-state index contributed by atoms with van der Waals surface area (Å²) in [5, 5.41) is 3.16. The fraction of sp³-hybridized carbons (Fsp3) is 0.667. The highest BCUT2D eigenvalue weighted by molar-refractivity contribution is 7.14. The molecule has 1 aromatic heterocycles. The van der Waals surface area contributed by atoms with E-state index in [0.29, 0.717) is 23.2 Å². The SMILES string of the molecule is COC[C@@H]1[C@@H](NC(=O)c2sc(C)cc2OC)[C@@H]2CCO[C@H]12. The number of amides is 1. The van der Waals surface area contributed by atoms with E-state index in [4.69, 9.17) is 14.2 Å². The van der Waals surface area contributed by atoms with Crippen LogP contribution in [0.15, 0.2) is 6.07 Å². The molecule has 21 heavy (non-hydrogen) atoms. The van der Waals surface area contributed by atoms with E-state index in [9.17, 15) is 4.79 Å². The maximum absolute atomic E-state index is 12.5. The van der Waals surface area contributed by atoms with Crippen LogP contribution in [0.4, 0.5) is 0 Å². The standard InChI is InChI=1S/C15H21NO4S/c1-8-6-11(19-3)14(21-8)15(17)16-12-9-4-5-20-13(9)10(12)7-18-2/h6,9-10,12-13H,4-5,7H2,1-3H3,(H,16,17)/t9-,10+,12-,13-/m0/s1. The second-order valence-electron chi connectivity index (χ2n) is 5.66. The molecular formula is C15H21NO4S. The topological polar surface area (TPSA) is 56.8 Å². The number of carbonyl (C=O) groups excluding carboxylic acids is 1. The first-order chi connectivity index (χ1) is 10.2. The van der Waals surface area contributed by atoms with Crippen molar-refractivity contribution in [1.29, 1.82) is 0 Å². The van der Waals surface area contributed by atoms with Crippen molar-refractivity contribution in [3.05, 3.63) is 15.8 Å². The van der Waals surface area contributed by atoms with Crippen LogP contribution < -0.4 is 10.1 Å². The highest BCUT2D eigenvalue weighted by atomic mass is 32.1. The van der Waals surface area contributed by atoms with E-state index in [1.54, 1.807) is 14.2 Å². The Bertz CT molecular complexity index is 530. The lowest BCUT2D eigenvalue weighted by Crippen LogP contribution is -2.62. The molecule has 1 aliphatic heterocycles. The third-order valence-electron chi connectivity index (χ3n) is 4.43. The van der Waals surface area contributed by atoms with Crippen LogP contribution >= 0.6 is 11.3 Å². The minimum absolute atomic E-state index is 0.0543. The van der Waals surface area contributed by atoms with E-state index in [2.05, 4.69) is 5.32 Å². The Balaban J connectivity index is 1.71. The molecule has 1 aromatic rings. The number of rotatable bonds is 5. The smallest absolute Gasteiger partial charge is 0.265 e. The number of hydrogen-bond acceptors (Lipinski definition) is 5. The van der Waals surface area contributed by atoms with Gasteiger partial charge < -0.3 is 19.5 Å². The van der Waals surface area contributed by atoms with Crippen LogP contribution in [0.1, 0.15) is 21.0 Å². The number of methoxy groups -OCH3 is 2. The zero-order valence-electron chi connectivity index (χ0n) is 12.5. The summed E-state index contributed by atoms with van der Waals surface area (Å²) in [4.78, 5) is 14.2. The van der Waals surface area contributed by atoms with E-state index >= 15 is 0 Å². The summed E-state index contributed by atoms with van der Waals surface area (Å²) >= 11 is 1.46. The van der Waals surface area contributed by atoms with E-state index in [0.717, 1.165) is 17.9 Å². The van der Waals surface area contributed by atoms with Crippen molar-refractivity contribution in [1.82, 2.24) is 5.32 Å². The first-order valence-electron chi connectivity index (χ1n) is 7.21. The van der Waals surface area contributed by atoms with Crippen LogP contribution in [0.3, 0.4) is 0 Å². The molecule has 0 aromatic carbocycles. The second kappa shape index (κ2) is 5.94. The molecule has 0 bridgehead atoms. The van der Waals surface area contributed by atoms with Crippen LogP contribution in [0, 0.1) is 18.8 Å². The predicted molar refractivity (Wildman–Crippen MR) is 80.1 cm³/mol. The molecule has 4 atom stereocenters. The summed E-state index contributed by atoms with van der Waals surface area (Å²) in [6.45, 7) is 3.37. The Morgan fingerprint density at radius 1 is 1.52 bits per heavy atom. The summed E-state index contributed by atoms with van der Waals surface area (Å²) in [7, 11) is 3.28. The van der Waals surface area contributed by atoms with Gasteiger partial charge in [-0.25, -0.2) is 0 Å². The van der Waals surface area contributed by atoms with E-state index in [1.165, 1.54) is 11.3 Å². The molecule has 2 aliphatic rings. The Morgan fingerprint density at radius 3 is 3.05 bits per heavy atom. The van der Waals surface area contributed by atoms with Crippen molar-refractivity contribution in [3.8, 4) is 5.75 Å². The summed E-state index contributed by atoms with van der Waals surface area (Å²) in [5.74, 6) is 1.26. The lowest BCUT2D eigenvalue weighted by atomic mass is 9.67. The normalized spacial score (nSPS) is 30.6. The minimum atomic E-state index is -0.0543. The molecular weight excluding hydrogens is 290 g/mol. The van der Waals surface area contributed by atoms with Gasteiger partial charge in [-0.05, 0) is 19.4 Å². The van der Waals surface area contributed by atoms with Crippen LogP contribution in [-0.2, 0) is 9.47 Å². The molecule has 2 heterocycles. The summed E-state index contributed by atoms with van der Waals surface area (Å²) in [6, 6.07) is 2.03. The number of nitrogens with one attached hydrogen (secondary N) is 1. The van der Waals surface area contributed by atoms with Gasteiger partial charge in [0.25, 0.3) is 5.91 Å². The lowest BCUT2D eigenvalue weighted by Gasteiger charge is -2.47. The van der Waals surface area contributed by atoms with Crippen LogP contribution in [0.25, 0.3) is 0 Å². The first-order valence-corrected chi connectivity index (χ1v) is 8.03. The highest BCUT2D eigenvalue weighted by Crippen LogP contribution is 2.44. The summed E-state index contributed by atoms with van der Waals surface area (Å²) in [6.07, 6.45) is 1.25. The first kappa shape index (κ1) is 14.8. The van der Waals surface area contributed by atoms with Crippen molar-refractivity contribution >= 4 is 17.2 Å². The number of hydrogen-bond donors (Lipinski definition) is 1. The van der Waals surface area contributed by atoms with Gasteiger partial charge in [-0.15, -0.1) is 11.3 Å². The average molecular weight is 311 g/mol. The number of aryl methyl sites for hydroxylation is 1. The zero-order valence-corrected chi connectivity index (χ0v) is 13.4. The lowest BCUT2D eigenvalue weighted by molar-refractivity contribution is -0.0809. The zero-order chi connectivity index (χ0) is 15.0. The van der Waals surface area contributed by atoms with Crippen molar-refractivity contribution in [3.63, 3.8) is 0 Å². The van der Waals surface area contributed by atoms with Gasteiger partial charge in [-0.3, -0.25) is 4.79 Å². The molecule has 2 fully saturated rings. The van der Waals surface area contributed by atoms with Crippen molar-refractivity contribution in [2.45, 2.75) is 25.5 Å². The summed E-state index contributed by atoms with van der Waals surface area (Å²) < 4.78 is 16.3. The van der Waals surface area contributed by atoms with Gasteiger partial charge in [0.05, 0.1) is 19.8 Å². The van der Waals surface area contributed by atoms with Crippen molar-refractivity contribution in [2.24, 2.45) is 11.8 Å². The average Bonchev–Trinajstić information content (AvgIpc) is 3.06. The molecule has 5 nitrogen and oxygen atoms in total. The van der Waals surface area contributed by atoms with Gasteiger partial charge in [0.2, 0.25) is 0 Å². The molecule has 0 spiro atoms. The van der Waals surface area contributed by atoms with Gasteiger partial charge in [0, 0.05) is 36.5 Å². The number of fused-ring (bicyclic) bond motifs is 1. The fourth-order valence-corrected chi connectivity index (χ4v) is 4.33. The molecule has 1 aliphatic carbocycles. The van der Waals surface area contributed by atoms with Crippen LogP contribution in [0.2, 0.25) is 0 Å². The van der Waals surface area contributed by atoms with E-state index in [1.807, 2.05) is 13.0 Å². The molecule has 0 unspecified atom stereocenters. The molecule has 3 rings (SSSR count). The van der Waals surface area contributed by atoms with Crippen molar-refractivity contribution in [2.75, 3.05) is 27.4 Å². The maximum Gasteiger partial charge on any atom is 0.265 e. The molecule has 1 saturated heterocycles. The van der Waals surface area contributed by atoms with Gasteiger partial charge >= 0.3 is 0 Å². The molecule has 0 radical (unpaired) electrons. The Kier molecular flexibility index (Phi) is 4.19. The van der Waals surface area contributed by atoms with Gasteiger partial charge in [-0.2, -0.15) is 0 Å². The van der Waals surface area contributed by atoms with Gasteiger partial charge in [0.1, 0.15) is 10.6 Å². The van der Waals surface area contributed by atoms with Crippen LogP contribution in [-0.4, -0.2) is 45.5 Å². The van der Waals surface area contributed by atoms with Crippen LogP contribution in [0.5, 0.6) is 5.75 Å². The Morgan fingerprint density at radius 2 is 2.33 bits per heavy atom. The van der Waals surface area contributed by atoms with E-state index < -0.39 is 0 Å². The quantitative estimate of drug-likeness (QED) is 0.901. The largest absolute Gasteiger partial charge is 0.495 e. The molecule has 1 N–H and O–H groups in total. The monoisotopic (exact) mass is 311 g/mol.